The van der Waals surface area contributed by atoms with E-state index in [1.165, 1.54) is 12.3 Å². The van der Waals surface area contributed by atoms with Gasteiger partial charge in [0.25, 0.3) is 5.91 Å². The van der Waals surface area contributed by atoms with E-state index in [4.69, 9.17) is 11.6 Å². The van der Waals surface area contributed by atoms with Crippen LogP contribution < -0.4 is 10.6 Å². The number of halogens is 4. The topological polar surface area (TPSA) is 54.0 Å². The highest BCUT2D eigenvalue weighted by Gasteiger charge is 2.33. The van der Waals surface area contributed by atoms with E-state index in [0.29, 0.717) is 11.6 Å². The van der Waals surface area contributed by atoms with Crippen molar-refractivity contribution in [2.45, 2.75) is 26.4 Å². The third kappa shape index (κ3) is 5.62. The third-order valence-corrected chi connectivity index (χ3v) is 3.91. The van der Waals surface area contributed by atoms with Crippen LogP contribution in [0.5, 0.6) is 0 Å². The Morgan fingerprint density at radius 1 is 1.19 bits per heavy atom. The lowest BCUT2D eigenvalue weighted by Crippen LogP contribution is -2.14. The highest BCUT2D eigenvalue weighted by Crippen LogP contribution is 2.36. The van der Waals surface area contributed by atoms with E-state index >= 15 is 0 Å². The molecule has 0 spiro atoms. The first kappa shape index (κ1) is 20.0. The molecule has 0 unspecified atom stereocenters. The van der Waals surface area contributed by atoms with Crippen LogP contribution in [-0.2, 0) is 6.18 Å². The molecule has 26 heavy (non-hydrogen) atoms. The highest BCUT2D eigenvalue weighted by atomic mass is 35.5. The van der Waals surface area contributed by atoms with Crippen molar-refractivity contribution >= 4 is 28.9 Å². The lowest BCUT2D eigenvalue weighted by Gasteiger charge is -2.12. The Bertz CT molecular complexity index is 779. The molecule has 2 aromatic rings. The van der Waals surface area contributed by atoms with E-state index in [-0.39, 0.29) is 11.3 Å². The van der Waals surface area contributed by atoms with Gasteiger partial charge in [0.15, 0.2) is 0 Å². The molecule has 0 aliphatic heterocycles. The Morgan fingerprint density at radius 3 is 2.58 bits per heavy atom. The molecular weight excluding hydrogens is 367 g/mol. The van der Waals surface area contributed by atoms with Crippen molar-refractivity contribution in [3.8, 4) is 0 Å². The summed E-state index contributed by atoms with van der Waals surface area (Å²) in [6, 6.07) is 4.82. The largest absolute Gasteiger partial charge is 0.417 e. The van der Waals surface area contributed by atoms with Gasteiger partial charge in [-0.15, -0.1) is 0 Å². The first-order chi connectivity index (χ1) is 12.2. The van der Waals surface area contributed by atoms with Crippen molar-refractivity contribution in [2.75, 3.05) is 17.2 Å². The molecule has 140 valence electrons. The van der Waals surface area contributed by atoms with Crippen LogP contribution >= 0.6 is 11.6 Å². The van der Waals surface area contributed by atoms with Crippen molar-refractivity contribution in [3.63, 3.8) is 0 Å². The zero-order chi connectivity index (χ0) is 19.3. The Hall–Kier alpha value is -2.28. The van der Waals surface area contributed by atoms with Crippen LogP contribution in [0.4, 0.5) is 24.5 Å². The van der Waals surface area contributed by atoms with E-state index in [2.05, 4.69) is 29.5 Å². The average Bonchev–Trinajstić information content (AvgIpc) is 2.55. The van der Waals surface area contributed by atoms with E-state index < -0.39 is 22.7 Å². The number of amides is 1. The van der Waals surface area contributed by atoms with Gasteiger partial charge < -0.3 is 10.6 Å². The maximum Gasteiger partial charge on any atom is 0.417 e. The summed E-state index contributed by atoms with van der Waals surface area (Å²) < 4.78 is 38.7. The molecule has 0 radical (unpaired) electrons. The molecule has 0 saturated carbocycles. The summed E-state index contributed by atoms with van der Waals surface area (Å²) in [4.78, 5) is 16.3. The minimum absolute atomic E-state index is 0.00453. The van der Waals surface area contributed by atoms with Gasteiger partial charge in [-0.1, -0.05) is 25.4 Å². The van der Waals surface area contributed by atoms with Gasteiger partial charge in [0.05, 0.1) is 21.8 Å². The standard InChI is InChI=1S/C18H19ClF3N3O/c1-11(2)5-6-24-14-7-12(9-23-10-14)17(26)25-13-3-4-16(19)15(8-13)18(20,21)22/h3-4,7-11,24H,5-6H2,1-2H3,(H,25,26). The van der Waals surface area contributed by atoms with E-state index in [9.17, 15) is 18.0 Å². The molecule has 1 aromatic carbocycles. The maximum absolute atomic E-state index is 12.9. The number of hydrogen-bond donors (Lipinski definition) is 2. The van der Waals surface area contributed by atoms with Crippen LogP contribution in [0.2, 0.25) is 5.02 Å². The summed E-state index contributed by atoms with van der Waals surface area (Å²) in [5.74, 6) is -0.0184. The molecule has 2 rings (SSSR count). The minimum Gasteiger partial charge on any atom is -0.384 e. The van der Waals surface area contributed by atoms with Gasteiger partial charge in [-0.25, -0.2) is 0 Å². The van der Waals surface area contributed by atoms with Crippen LogP contribution in [0.1, 0.15) is 36.2 Å². The summed E-state index contributed by atoms with van der Waals surface area (Å²) in [6.07, 6.45) is -0.703. The van der Waals surface area contributed by atoms with Gasteiger partial charge in [-0.05, 0) is 36.6 Å². The van der Waals surface area contributed by atoms with Crippen molar-refractivity contribution in [2.24, 2.45) is 5.92 Å². The molecule has 0 aliphatic rings. The van der Waals surface area contributed by atoms with E-state index in [0.717, 1.165) is 25.1 Å². The Kier molecular flexibility index (Phi) is 6.47. The highest BCUT2D eigenvalue weighted by molar-refractivity contribution is 6.31. The second-order valence-corrected chi connectivity index (χ2v) is 6.63. The predicted octanol–water partition coefficient (Wildman–Crippen LogP) is 5.46. The molecule has 4 nitrogen and oxygen atoms in total. The molecule has 8 heteroatoms. The molecule has 0 atom stereocenters. The normalized spacial score (nSPS) is 11.5. The van der Waals surface area contributed by atoms with Crippen molar-refractivity contribution < 1.29 is 18.0 Å². The second-order valence-electron chi connectivity index (χ2n) is 6.22. The summed E-state index contributed by atoms with van der Waals surface area (Å²) in [5.41, 5.74) is -0.0856. The zero-order valence-corrected chi connectivity index (χ0v) is 15.1. The molecule has 0 bridgehead atoms. The first-order valence-electron chi connectivity index (χ1n) is 8.04. The number of anilines is 2. The minimum atomic E-state index is -4.60. The summed E-state index contributed by atoms with van der Waals surface area (Å²) in [7, 11) is 0. The Morgan fingerprint density at radius 2 is 1.92 bits per heavy atom. The van der Waals surface area contributed by atoms with Crippen molar-refractivity contribution in [1.82, 2.24) is 4.98 Å². The van der Waals surface area contributed by atoms with Crippen molar-refractivity contribution in [1.29, 1.82) is 0 Å². The van der Waals surface area contributed by atoms with E-state index in [1.807, 2.05) is 0 Å². The number of nitrogens with zero attached hydrogens (tertiary/aromatic N) is 1. The summed E-state index contributed by atoms with van der Waals surface area (Å²) >= 11 is 5.57. The maximum atomic E-state index is 12.9. The van der Waals surface area contributed by atoms with E-state index in [1.54, 1.807) is 12.3 Å². The SMILES string of the molecule is CC(C)CCNc1cncc(C(=O)Nc2ccc(Cl)c(C(F)(F)F)c2)c1. The quantitative estimate of drug-likeness (QED) is 0.693. The van der Waals surface area contributed by atoms with Gasteiger partial charge in [0.1, 0.15) is 0 Å². The number of rotatable bonds is 6. The van der Waals surface area contributed by atoms with Gasteiger partial charge >= 0.3 is 6.18 Å². The molecule has 0 aliphatic carbocycles. The van der Waals surface area contributed by atoms with Crippen LogP contribution in [-0.4, -0.2) is 17.4 Å². The number of hydrogen-bond acceptors (Lipinski definition) is 3. The number of carbonyl (C=O) groups excluding carboxylic acids is 1. The second kappa shape index (κ2) is 8.40. The van der Waals surface area contributed by atoms with Gasteiger partial charge in [0.2, 0.25) is 0 Å². The lowest BCUT2D eigenvalue weighted by atomic mass is 10.1. The fourth-order valence-electron chi connectivity index (χ4n) is 2.19. The lowest BCUT2D eigenvalue weighted by molar-refractivity contribution is -0.137. The fourth-order valence-corrected chi connectivity index (χ4v) is 2.41. The smallest absolute Gasteiger partial charge is 0.384 e. The zero-order valence-electron chi connectivity index (χ0n) is 14.3. The van der Waals surface area contributed by atoms with Crippen molar-refractivity contribution in [3.05, 3.63) is 52.8 Å². The number of aromatic nitrogens is 1. The molecule has 0 fully saturated rings. The van der Waals surface area contributed by atoms with Crippen LogP contribution in [0.25, 0.3) is 0 Å². The molecule has 1 aromatic heterocycles. The van der Waals surface area contributed by atoms with Crippen LogP contribution in [0.15, 0.2) is 36.7 Å². The molecule has 0 saturated heterocycles. The summed E-state index contributed by atoms with van der Waals surface area (Å²) in [6.45, 7) is 4.94. The number of benzene rings is 1. The van der Waals surface area contributed by atoms with Crippen LogP contribution in [0, 0.1) is 5.92 Å². The number of alkyl halides is 3. The van der Waals surface area contributed by atoms with Crippen LogP contribution in [0.3, 0.4) is 0 Å². The third-order valence-electron chi connectivity index (χ3n) is 3.58. The molecule has 2 N–H and O–H groups in total. The average molecular weight is 386 g/mol. The molecule has 1 heterocycles. The Balaban J connectivity index is 2.10. The monoisotopic (exact) mass is 385 g/mol. The number of carbonyl (C=O) groups is 1. The first-order valence-corrected chi connectivity index (χ1v) is 8.41. The van der Waals surface area contributed by atoms with Gasteiger partial charge in [-0.3, -0.25) is 9.78 Å². The number of pyridine rings is 1. The number of nitrogens with one attached hydrogen (secondary N) is 2. The van der Waals surface area contributed by atoms with Gasteiger partial charge in [0, 0.05) is 24.6 Å². The Labute approximate surface area is 154 Å². The predicted molar refractivity (Wildman–Crippen MR) is 96.6 cm³/mol. The fraction of sp³-hybridized carbons (Fsp3) is 0.333. The molecular formula is C18H19ClF3N3O. The summed E-state index contributed by atoms with van der Waals surface area (Å²) in [5, 5.41) is 5.17. The molecule has 1 amide bonds. The van der Waals surface area contributed by atoms with Gasteiger partial charge in [-0.2, -0.15) is 13.2 Å².